The number of aliphatic carboxylic acids is 1. The topological polar surface area (TPSA) is 86.3 Å². The largest absolute Gasteiger partial charge is 0.480 e. The maximum absolute atomic E-state index is 12.5. The number of nitrogens with zero attached hydrogens (tertiary/aromatic N) is 2. The summed E-state index contributed by atoms with van der Waals surface area (Å²) in [5.41, 5.74) is 1.91. The Balaban J connectivity index is 2.21. The summed E-state index contributed by atoms with van der Waals surface area (Å²) in [5, 5.41) is 15.8. The lowest BCUT2D eigenvalue weighted by Crippen LogP contribution is -2.35. The lowest BCUT2D eigenvalue weighted by molar-refractivity contribution is -0.137. The molecule has 0 saturated carbocycles. The molecule has 116 valence electrons. The summed E-state index contributed by atoms with van der Waals surface area (Å²) in [6.45, 7) is 1.77. The molecule has 2 N–H and O–H groups in total. The summed E-state index contributed by atoms with van der Waals surface area (Å²) in [5.74, 6) is -1.46. The zero-order chi connectivity index (χ0) is 16.1. The van der Waals surface area contributed by atoms with Gasteiger partial charge in [-0.15, -0.1) is 0 Å². The van der Waals surface area contributed by atoms with Crippen molar-refractivity contribution in [3.63, 3.8) is 0 Å². The van der Waals surface area contributed by atoms with E-state index in [1.807, 2.05) is 31.2 Å². The number of rotatable bonds is 6. The van der Waals surface area contributed by atoms with Gasteiger partial charge in [-0.05, 0) is 30.2 Å². The number of hydrogen-bond acceptors (Lipinski definition) is 3. The van der Waals surface area contributed by atoms with Crippen molar-refractivity contribution < 1.29 is 14.7 Å². The van der Waals surface area contributed by atoms with Gasteiger partial charge in [0, 0.05) is 16.7 Å². The van der Waals surface area contributed by atoms with Gasteiger partial charge in [0.15, 0.2) is 0 Å². The molecule has 22 heavy (non-hydrogen) atoms. The van der Waals surface area contributed by atoms with Crippen molar-refractivity contribution in [2.45, 2.75) is 19.9 Å². The van der Waals surface area contributed by atoms with Crippen LogP contribution in [-0.2, 0) is 17.8 Å². The highest BCUT2D eigenvalue weighted by Gasteiger charge is 2.21. The van der Waals surface area contributed by atoms with Crippen molar-refractivity contribution in [2.75, 3.05) is 6.54 Å². The molecule has 6 nitrogen and oxygen atoms in total. The predicted molar refractivity (Wildman–Crippen MR) is 84.5 cm³/mol. The van der Waals surface area contributed by atoms with Crippen LogP contribution in [0.2, 0.25) is 0 Å². The second-order valence-corrected chi connectivity index (χ2v) is 5.73. The Bertz CT molecular complexity index is 684. The summed E-state index contributed by atoms with van der Waals surface area (Å²) in [6.07, 6.45) is 0.727. The number of H-pyrrole nitrogens is 1. The van der Waals surface area contributed by atoms with Crippen molar-refractivity contribution in [2.24, 2.45) is 0 Å². The molecule has 0 unspecified atom stereocenters. The molecule has 0 aliphatic heterocycles. The van der Waals surface area contributed by atoms with Crippen LogP contribution in [-0.4, -0.2) is 38.6 Å². The zero-order valence-electron chi connectivity index (χ0n) is 12.0. The number of nitrogens with one attached hydrogen (secondary N) is 1. The highest BCUT2D eigenvalue weighted by atomic mass is 79.9. The third-order valence-corrected chi connectivity index (χ3v) is 3.60. The highest BCUT2D eigenvalue weighted by molar-refractivity contribution is 9.10. The van der Waals surface area contributed by atoms with Crippen LogP contribution in [0.5, 0.6) is 0 Å². The van der Waals surface area contributed by atoms with Gasteiger partial charge in [0.2, 0.25) is 0 Å². The van der Waals surface area contributed by atoms with Crippen molar-refractivity contribution in [1.29, 1.82) is 0 Å². The number of hydrogen-bond donors (Lipinski definition) is 2. The van der Waals surface area contributed by atoms with Gasteiger partial charge in [-0.2, -0.15) is 5.10 Å². The third kappa shape index (κ3) is 4.17. The van der Waals surface area contributed by atoms with E-state index in [0.717, 1.165) is 22.2 Å². The van der Waals surface area contributed by atoms with Crippen molar-refractivity contribution in [1.82, 2.24) is 15.1 Å². The van der Waals surface area contributed by atoms with Gasteiger partial charge in [-0.1, -0.05) is 35.0 Å². The number of halogens is 1. The highest BCUT2D eigenvalue weighted by Crippen LogP contribution is 2.15. The summed E-state index contributed by atoms with van der Waals surface area (Å²) in [4.78, 5) is 24.8. The van der Waals surface area contributed by atoms with Gasteiger partial charge in [-0.25, -0.2) is 0 Å². The predicted octanol–water partition coefficient (Wildman–Crippen LogP) is 2.46. The fraction of sp³-hybridized carbons (Fsp3) is 0.267. The molecule has 0 saturated heterocycles. The number of carboxylic acid groups (broad SMARTS) is 1. The summed E-state index contributed by atoms with van der Waals surface area (Å²) in [6, 6.07) is 9.05. The van der Waals surface area contributed by atoms with E-state index in [2.05, 4.69) is 26.1 Å². The van der Waals surface area contributed by atoms with Crippen LogP contribution in [0.15, 0.2) is 34.8 Å². The first-order valence-electron chi connectivity index (χ1n) is 6.79. The Kier molecular flexibility index (Phi) is 5.32. The SMILES string of the molecule is CCc1cc(C(=O)N(CC(=O)O)Cc2cccc(Br)c2)n[nH]1. The molecule has 0 aliphatic rings. The van der Waals surface area contributed by atoms with Crippen LogP contribution < -0.4 is 0 Å². The minimum absolute atomic E-state index is 0.207. The van der Waals surface area contributed by atoms with Gasteiger partial charge < -0.3 is 10.0 Å². The Morgan fingerprint density at radius 2 is 2.14 bits per heavy atom. The van der Waals surface area contributed by atoms with Crippen LogP contribution in [0.3, 0.4) is 0 Å². The molecule has 1 amide bonds. The third-order valence-electron chi connectivity index (χ3n) is 3.11. The second kappa shape index (κ2) is 7.22. The first-order valence-corrected chi connectivity index (χ1v) is 7.58. The maximum Gasteiger partial charge on any atom is 0.323 e. The minimum atomic E-state index is -1.06. The van der Waals surface area contributed by atoms with Crippen LogP contribution in [0.4, 0.5) is 0 Å². The number of aromatic nitrogens is 2. The van der Waals surface area contributed by atoms with Gasteiger partial charge in [0.05, 0.1) is 0 Å². The average molecular weight is 366 g/mol. The summed E-state index contributed by atoms with van der Waals surface area (Å²) < 4.78 is 0.876. The number of amides is 1. The molecule has 1 aromatic carbocycles. The molecule has 7 heteroatoms. The Hall–Kier alpha value is -2.15. The smallest absolute Gasteiger partial charge is 0.323 e. The van der Waals surface area contributed by atoms with E-state index in [1.165, 1.54) is 4.90 Å². The van der Waals surface area contributed by atoms with E-state index >= 15 is 0 Å². The minimum Gasteiger partial charge on any atom is -0.480 e. The van der Waals surface area contributed by atoms with E-state index in [9.17, 15) is 9.59 Å². The number of carboxylic acids is 1. The number of aryl methyl sites for hydroxylation is 1. The Morgan fingerprint density at radius 1 is 1.36 bits per heavy atom. The molecule has 0 radical (unpaired) electrons. The van der Waals surface area contributed by atoms with Crippen molar-refractivity contribution >= 4 is 27.8 Å². The fourth-order valence-corrected chi connectivity index (χ4v) is 2.48. The second-order valence-electron chi connectivity index (χ2n) is 4.82. The lowest BCUT2D eigenvalue weighted by atomic mass is 10.2. The molecule has 1 aromatic heterocycles. The van der Waals surface area contributed by atoms with Crippen LogP contribution >= 0.6 is 15.9 Å². The quantitative estimate of drug-likeness (QED) is 0.822. The average Bonchev–Trinajstić information content (AvgIpc) is 2.94. The van der Waals surface area contributed by atoms with E-state index < -0.39 is 11.9 Å². The van der Waals surface area contributed by atoms with Gasteiger partial charge in [-0.3, -0.25) is 14.7 Å². The standard InChI is InChI=1S/C15H16BrN3O3/c1-2-12-7-13(18-17-12)15(22)19(9-14(20)21)8-10-4-3-5-11(16)6-10/h3-7H,2,8-9H2,1H3,(H,17,18)(H,20,21). The number of aromatic amines is 1. The van der Waals surface area contributed by atoms with Crippen LogP contribution in [0.25, 0.3) is 0 Å². The summed E-state index contributed by atoms with van der Waals surface area (Å²) in [7, 11) is 0. The molecule has 2 aromatic rings. The van der Waals surface area contributed by atoms with E-state index in [-0.39, 0.29) is 18.8 Å². The Labute approximate surface area is 136 Å². The number of carbonyl (C=O) groups excluding carboxylic acids is 1. The molecule has 0 bridgehead atoms. The lowest BCUT2D eigenvalue weighted by Gasteiger charge is -2.19. The van der Waals surface area contributed by atoms with Gasteiger partial charge in [0.25, 0.3) is 5.91 Å². The van der Waals surface area contributed by atoms with E-state index in [4.69, 9.17) is 5.11 Å². The molecule has 0 spiro atoms. The molecule has 0 atom stereocenters. The van der Waals surface area contributed by atoms with E-state index in [1.54, 1.807) is 6.07 Å². The molecule has 0 aliphatic carbocycles. The van der Waals surface area contributed by atoms with E-state index in [0.29, 0.717) is 0 Å². The molecule has 0 fully saturated rings. The molecular weight excluding hydrogens is 350 g/mol. The van der Waals surface area contributed by atoms with Crippen LogP contribution in [0.1, 0.15) is 28.7 Å². The molecule has 1 heterocycles. The first kappa shape index (κ1) is 16.2. The first-order chi connectivity index (χ1) is 10.5. The van der Waals surface area contributed by atoms with Crippen LogP contribution in [0, 0.1) is 0 Å². The molecular formula is C15H16BrN3O3. The fourth-order valence-electron chi connectivity index (χ4n) is 2.03. The van der Waals surface area contributed by atoms with Crippen molar-refractivity contribution in [3.05, 3.63) is 51.8 Å². The number of benzene rings is 1. The normalized spacial score (nSPS) is 10.5. The van der Waals surface area contributed by atoms with Gasteiger partial charge >= 0.3 is 5.97 Å². The monoisotopic (exact) mass is 365 g/mol. The molecule has 2 rings (SSSR count). The summed E-state index contributed by atoms with van der Waals surface area (Å²) >= 11 is 3.36. The van der Waals surface area contributed by atoms with Gasteiger partial charge in [0.1, 0.15) is 12.2 Å². The number of carbonyl (C=O) groups is 2. The van der Waals surface area contributed by atoms with Crippen molar-refractivity contribution in [3.8, 4) is 0 Å². The zero-order valence-corrected chi connectivity index (χ0v) is 13.6. The Morgan fingerprint density at radius 3 is 2.73 bits per heavy atom. The maximum atomic E-state index is 12.5.